The number of aliphatic hydroxyl groups is 1. The van der Waals surface area contributed by atoms with Gasteiger partial charge in [0.2, 0.25) is 0 Å². The third-order valence-corrected chi connectivity index (χ3v) is 0.771. The van der Waals surface area contributed by atoms with Gasteiger partial charge in [0.05, 0.1) is 13.2 Å². The Hall–Kier alpha value is -0.470. The maximum Gasteiger partial charge on any atom is 0.527 e. The summed E-state index contributed by atoms with van der Waals surface area (Å²) in [6.07, 6.45) is -9.83. The van der Waals surface area contributed by atoms with E-state index in [0.717, 1.165) is 0 Å². The Kier molecular flexibility index (Phi) is 4.51. The van der Waals surface area contributed by atoms with E-state index in [1.165, 1.54) is 0 Å². The molecule has 0 spiro atoms. The van der Waals surface area contributed by atoms with Gasteiger partial charge in [-0.1, -0.05) is 0 Å². The summed E-state index contributed by atoms with van der Waals surface area (Å²) in [5.41, 5.74) is 0. The second kappa shape index (κ2) is 4.68. The van der Waals surface area contributed by atoms with E-state index in [0.29, 0.717) is 0 Å². The van der Waals surface area contributed by atoms with E-state index in [9.17, 15) is 22.0 Å². The first-order valence-electron chi connectivity index (χ1n) is 3.10. The van der Waals surface area contributed by atoms with Crippen molar-refractivity contribution in [3.8, 4) is 0 Å². The molecule has 0 saturated heterocycles. The Balaban J connectivity index is 3.80. The number of alkyl halides is 5. The molecular weight excluding hydrogens is 203 g/mol. The lowest BCUT2D eigenvalue weighted by Crippen LogP contribution is -2.34. The van der Waals surface area contributed by atoms with Gasteiger partial charge in [-0.25, -0.2) is 4.74 Å². The minimum atomic E-state index is -5.41. The van der Waals surface area contributed by atoms with Crippen molar-refractivity contribution < 1.29 is 36.5 Å². The molecule has 0 amide bonds. The summed E-state index contributed by atoms with van der Waals surface area (Å²) in [5.74, 6) is 0. The van der Waals surface area contributed by atoms with Gasteiger partial charge in [-0.05, 0) is 0 Å². The molecule has 0 aliphatic rings. The van der Waals surface area contributed by atoms with Crippen molar-refractivity contribution in [3.63, 3.8) is 0 Å². The van der Waals surface area contributed by atoms with Crippen molar-refractivity contribution in [3.05, 3.63) is 0 Å². The SMILES string of the molecule is OCCOCC(F)(F)OC(F)(F)F. The largest absolute Gasteiger partial charge is 0.527 e. The first kappa shape index (κ1) is 12.5. The van der Waals surface area contributed by atoms with E-state index in [1.807, 2.05) is 0 Å². The fourth-order valence-corrected chi connectivity index (χ4v) is 0.454. The summed E-state index contributed by atoms with van der Waals surface area (Å²) in [4.78, 5) is 0. The standard InChI is InChI=1S/C5H7F5O3/c6-4(7,3-12-2-1-11)13-5(8,9)10/h11H,1-3H2. The van der Waals surface area contributed by atoms with Crippen LogP contribution in [0.15, 0.2) is 0 Å². The summed E-state index contributed by atoms with van der Waals surface area (Å²) >= 11 is 0. The molecule has 0 saturated carbocycles. The molecule has 0 rings (SSSR count). The Morgan fingerprint density at radius 1 is 1.08 bits per heavy atom. The molecule has 0 fully saturated rings. The third-order valence-electron chi connectivity index (χ3n) is 0.771. The second-order valence-electron chi connectivity index (χ2n) is 1.96. The maximum absolute atomic E-state index is 12.1. The first-order chi connectivity index (χ1) is 5.77. The normalized spacial score (nSPS) is 13.4. The smallest absolute Gasteiger partial charge is 0.394 e. The molecule has 0 aliphatic carbocycles. The van der Waals surface area contributed by atoms with Crippen molar-refractivity contribution >= 4 is 0 Å². The van der Waals surface area contributed by atoms with Crippen LogP contribution in [-0.4, -0.2) is 37.4 Å². The van der Waals surface area contributed by atoms with Crippen molar-refractivity contribution in [2.24, 2.45) is 0 Å². The van der Waals surface area contributed by atoms with Crippen LogP contribution in [0.5, 0.6) is 0 Å². The van der Waals surface area contributed by atoms with E-state index in [4.69, 9.17) is 5.11 Å². The molecule has 0 heterocycles. The van der Waals surface area contributed by atoms with E-state index in [2.05, 4.69) is 9.47 Å². The Bertz CT molecular complexity index is 146. The van der Waals surface area contributed by atoms with Gasteiger partial charge in [-0.2, -0.15) is 8.78 Å². The Morgan fingerprint density at radius 2 is 1.62 bits per heavy atom. The molecule has 0 aromatic rings. The lowest BCUT2D eigenvalue weighted by Gasteiger charge is -2.17. The van der Waals surface area contributed by atoms with E-state index in [1.54, 1.807) is 0 Å². The molecule has 0 atom stereocenters. The highest BCUT2D eigenvalue weighted by molar-refractivity contribution is 4.51. The Morgan fingerprint density at radius 3 is 2.00 bits per heavy atom. The number of ether oxygens (including phenoxy) is 2. The maximum atomic E-state index is 12.1. The van der Waals surface area contributed by atoms with Gasteiger partial charge in [0.15, 0.2) is 0 Å². The quantitative estimate of drug-likeness (QED) is 0.546. The molecule has 0 bridgehead atoms. The topological polar surface area (TPSA) is 38.7 Å². The summed E-state index contributed by atoms with van der Waals surface area (Å²) in [5, 5.41) is 8.06. The highest BCUT2D eigenvalue weighted by Gasteiger charge is 2.44. The fraction of sp³-hybridized carbons (Fsp3) is 1.00. The first-order valence-corrected chi connectivity index (χ1v) is 3.10. The zero-order chi connectivity index (χ0) is 10.5. The van der Waals surface area contributed by atoms with Gasteiger partial charge in [-0.15, -0.1) is 13.2 Å². The van der Waals surface area contributed by atoms with Gasteiger partial charge >= 0.3 is 12.5 Å². The van der Waals surface area contributed by atoms with Crippen LogP contribution < -0.4 is 0 Å². The zero-order valence-corrected chi connectivity index (χ0v) is 6.27. The molecule has 8 heteroatoms. The summed E-state index contributed by atoms with van der Waals surface area (Å²) in [7, 11) is 0. The fourth-order valence-electron chi connectivity index (χ4n) is 0.454. The summed E-state index contributed by atoms with van der Waals surface area (Å²) in [6.45, 7) is -2.58. The van der Waals surface area contributed by atoms with E-state index in [-0.39, 0.29) is 0 Å². The van der Waals surface area contributed by atoms with Gasteiger partial charge in [0.25, 0.3) is 0 Å². The van der Waals surface area contributed by atoms with Crippen molar-refractivity contribution in [2.75, 3.05) is 19.8 Å². The van der Waals surface area contributed by atoms with Gasteiger partial charge in [0, 0.05) is 0 Å². The van der Waals surface area contributed by atoms with Crippen LogP contribution in [-0.2, 0) is 9.47 Å². The number of halogens is 5. The van der Waals surface area contributed by atoms with Crippen molar-refractivity contribution in [1.29, 1.82) is 0 Å². The minimum Gasteiger partial charge on any atom is -0.394 e. The molecule has 0 aromatic carbocycles. The number of rotatable bonds is 5. The third kappa shape index (κ3) is 7.88. The average molecular weight is 210 g/mol. The zero-order valence-electron chi connectivity index (χ0n) is 6.27. The van der Waals surface area contributed by atoms with Crippen LogP contribution in [0.1, 0.15) is 0 Å². The predicted molar refractivity (Wildman–Crippen MR) is 30.0 cm³/mol. The van der Waals surface area contributed by atoms with Crippen LogP contribution in [0, 0.1) is 0 Å². The highest BCUT2D eigenvalue weighted by atomic mass is 19.4. The van der Waals surface area contributed by atoms with Gasteiger partial charge in [-0.3, -0.25) is 0 Å². The van der Waals surface area contributed by atoms with Crippen LogP contribution in [0.3, 0.4) is 0 Å². The van der Waals surface area contributed by atoms with Crippen LogP contribution in [0.25, 0.3) is 0 Å². The summed E-state index contributed by atoms with van der Waals surface area (Å²) < 4.78 is 64.3. The number of aliphatic hydroxyl groups excluding tert-OH is 1. The second-order valence-corrected chi connectivity index (χ2v) is 1.96. The van der Waals surface area contributed by atoms with Crippen LogP contribution in [0.4, 0.5) is 22.0 Å². The predicted octanol–water partition coefficient (Wildman–Crippen LogP) is 1.12. The van der Waals surface area contributed by atoms with E-state index < -0.39 is 32.3 Å². The Labute approximate surface area is 70.0 Å². The molecule has 80 valence electrons. The van der Waals surface area contributed by atoms with E-state index >= 15 is 0 Å². The van der Waals surface area contributed by atoms with Gasteiger partial charge in [0.1, 0.15) is 6.61 Å². The summed E-state index contributed by atoms with van der Waals surface area (Å²) in [6, 6.07) is 0. The van der Waals surface area contributed by atoms with Gasteiger partial charge < -0.3 is 9.84 Å². The number of hydrogen-bond donors (Lipinski definition) is 1. The molecule has 0 aromatic heterocycles. The van der Waals surface area contributed by atoms with Crippen molar-refractivity contribution in [1.82, 2.24) is 0 Å². The molecule has 0 unspecified atom stereocenters. The highest BCUT2D eigenvalue weighted by Crippen LogP contribution is 2.27. The average Bonchev–Trinajstić information content (AvgIpc) is 1.81. The van der Waals surface area contributed by atoms with Crippen LogP contribution >= 0.6 is 0 Å². The molecule has 0 aliphatic heterocycles. The molecule has 13 heavy (non-hydrogen) atoms. The molecular formula is C5H7F5O3. The monoisotopic (exact) mass is 210 g/mol. The molecule has 3 nitrogen and oxygen atoms in total. The minimum absolute atomic E-state index is 0.475. The lowest BCUT2D eigenvalue weighted by molar-refractivity contribution is -0.431. The molecule has 1 N–H and O–H groups in total. The lowest BCUT2D eigenvalue weighted by atomic mass is 10.6. The van der Waals surface area contributed by atoms with Crippen LogP contribution in [0.2, 0.25) is 0 Å². The van der Waals surface area contributed by atoms with Crippen molar-refractivity contribution in [2.45, 2.75) is 12.5 Å². The molecule has 0 radical (unpaired) electrons. The number of hydrogen-bond acceptors (Lipinski definition) is 3.